The van der Waals surface area contributed by atoms with E-state index >= 15 is 0 Å². The zero-order valence-corrected chi connectivity index (χ0v) is 17.2. The number of carbonyl (C=O) groups excluding carboxylic acids is 1. The van der Waals surface area contributed by atoms with Gasteiger partial charge in [0, 0.05) is 44.5 Å². The first-order valence-electron chi connectivity index (χ1n) is 9.52. The number of nitrogens with zero attached hydrogens (tertiary/aromatic N) is 2. The lowest BCUT2D eigenvalue weighted by atomic mass is 10.0. The smallest absolute Gasteiger partial charge is 0.243 e. The maximum absolute atomic E-state index is 13.0. The van der Waals surface area contributed by atoms with Crippen LogP contribution in [0.25, 0.3) is 0 Å². The molecule has 1 aliphatic heterocycles. The Hall–Kier alpha value is -2.38. The minimum Gasteiger partial charge on any atom is -0.378 e. The Kier molecular flexibility index (Phi) is 6.36. The summed E-state index contributed by atoms with van der Waals surface area (Å²) in [5, 5.41) is 2.89. The fraction of sp³-hybridized carbons (Fsp3) is 0.381. The van der Waals surface area contributed by atoms with E-state index in [2.05, 4.69) is 5.32 Å². The molecule has 1 heterocycles. The minimum absolute atomic E-state index is 0.154. The van der Waals surface area contributed by atoms with Gasteiger partial charge in [-0.25, -0.2) is 8.42 Å². The number of hydrogen-bond acceptors (Lipinski definition) is 4. The van der Waals surface area contributed by atoms with Crippen molar-refractivity contribution in [3.05, 3.63) is 54.6 Å². The van der Waals surface area contributed by atoms with E-state index in [1.165, 1.54) is 4.31 Å². The van der Waals surface area contributed by atoms with Gasteiger partial charge in [-0.1, -0.05) is 24.6 Å². The quantitative estimate of drug-likeness (QED) is 0.806. The number of rotatable bonds is 6. The molecule has 1 saturated heterocycles. The zero-order valence-electron chi connectivity index (χ0n) is 16.3. The molecule has 3 rings (SSSR count). The van der Waals surface area contributed by atoms with Gasteiger partial charge in [-0.05, 0) is 49.2 Å². The molecule has 0 aromatic heterocycles. The highest BCUT2D eigenvalue weighted by Crippen LogP contribution is 2.27. The molecule has 1 amide bonds. The minimum atomic E-state index is -3.60. The van der Waals surface area contributed by atoms with Crippen LogP contribution in [-0.2, 0) is 14.8 Å². The van der Waals surface area contributed by atoms with Gasteiger partial charge in [0.15, 0.2) is 0 Å². The average molecular weight is 402 g/mol. The van der Waals surface area contributed by atoms with Crippen molar-refractivity contribution in [2.75, 3.05) is 30.9 Å². The molecule has 1 aliphatic rings. The van der Waals surface area contributed by atoms with Gasteiger partial charge in [-0.3, -0.25) is 4.79 Å². The molecule has 2 aromatic rings. The normalized spacial score (nSPS) is 17.9. The van der Waals surface area contributed by atoms with Crippen molar-refractivity contribution in [3.8, 4) is 0 Å². The highest BCUT2D eigenvalue weighted by molar-refractivity contribution is 7.89. The van der Waals surface area contributed by atoms with Gasteiger partial charge >= 0.3 is 0 Å². The first-order chi connectivity index (χ1) is 13.4. The second-order valence-corrected chi connectivity index (χ2v) is 9.16. The van der Waals surface area contributed by atoms with Crippen molar-refractivity contribution in [2.24, 2.45) is 0 Å². The standard InChI is InChI=1S/C21H27N3O3S/c1-23(2)18-13-11-17(12-14-18)22-21(25)16-19-8-6-7-15-24(19)28(26,27)20-9-4-3-5-10-20/h3-5,9-14,19H,6-8,15-16H2,1-2H3,(H,22,25)/t19-/m1/s1. The molecule has 7 heteroatoms. The Bertz CT molecular complexity index is 896. The monoisotopic (exact) mass is 401 g/mol. The molecule has 0 spiro atoms. The average Bonchev–Trinajstić information content (AvgIpc) is 2.69. The summed E-state index contributed by atoms with van der Waals surface area (Å²) >= 11 is 0. The van der Waals surface area contributed by atoms with E-state index < -0.39 is 10.0 Å². The summed E-state index contributed by atoms with van der Waals surface area (Å²) in [7, 11) is 0.317. The van der Waals surface area contributed by atoms with Gasteiger partial charge in [-0.2, -0.15) is 4.31 Å². The molecule has 0 unspecified atom stereocenters. The van der Waals surface area contributed by atoms with Crippen LogP contribution in [0.3, 0.4) is 0 Å². The molecular formula is C21H27N3O3S. The zero-order chi connectivity index (χ0) is 20.1. The van der Waals surface area contributed by atoms with Crippen molar-refractivity contribution in [2.45, 2.75) is 36.6 Å². The largest absolute Gasteiger partial charge is 0.378 e. The van der Waals surface area contributed by atoms with Gasteiger partial charge in [0.05, 0.1) is 4.90 Å². The second-order valence-electron chi connectivity index (χ2n) is 7.27. The maximum Gasteiger partial charge on any atom is 0.243 e. The molecule has 150 valence electrons. The summed E-state index contributed by atoms with van der Waals surface area (Å²) < 4.78 is 27.6. The molecule has 28 heavy (non-hydrogen) atoms. The van der Waals surface area contributed by atoms with Crippen molar-refractivity contribution < 1.29 is 13.2 Å². The fourth-order valence-corrected chi connectivity index (χ4v) is 5.21. The van der Waals surface area contributed by atoms with Crippen LogP contribution in [0, 0.1) is 0 Å². The van der Waals surface area contributed by atoms with Crippen molar-refractivity contribution in [3.63, 3.8) is 0 Å². The van der Waals surface area contributed by atoms with Crippen LogP contribution in [0.15, 0.2) is 59.5 Å². The summed E-state index contributed by atoms with van der Waals surface area (Å²) in [6, 6.07) is 15.7. The van der Waals surface area contributed by atoms with Crippen LogP contribution in [-0.4, -0.2) is 45.3 Å². The van der Waals surface area contributed by atoms with Crippen molar-refractivity contribution in [1.82, 2.24) is 4.31 Å². The maximum atomic E-state index is 13.0. The summed E-state index contributed by atoms with van der Waals surface area (Å²) in [6.45, 7) is 0.451. The van der Waals surface area contributed by atoms with Crippen LogP contribution in [0.1, 0.15) is 25.7 Å². The van der Waals surface area contributed by atoms with Crippen LogP contribution >= 0.6 is 0 Å². The van der Waals surface area contributed by atoms with Crippen molar-refractivity contribution >= 4 is 27.3 Å². The van der Waals surface area contributed by atoms with Gasteiger partial charge in [-0.15, -0.1) is 0 Å². The molecule has 6 nitrogen and oxygen atoms in total. The summed E-state index contributed by atoms with van der Waals surface area (Å²) in [5.74, 6) is -0.169. The molecule has 1 atom stereocenters. The van der Waals surface area contributed by atoms with E-state index in [1.54, 1.807) is 30.3 Å². The first-order valence-corrected chi connectivity index (χ1v) is 11.0. The van der Waals surface area contributed by atoms with Crippen molar-refractivity contribution in [1.29, 1.82) is 0 Å². The predicted molar refractivity (Wildman–Crippen MR) is 112 cm³/mol. The molecule has 1 N–H and O–H groups in total. The van der Waals surface area contributed by atoms with E-state index in [0.29, 0.717) is 18.7 Å². The molecule has 2 aromatic carbocycles. The topological polar surface area (TPSA) is 69.7 Å². The Labute approximate surface area is 167 Å². The highest BCUT2D eigenvalue weighted by atomic mass is 32.2. The van der Waals surface area contributed by atoms with E-state index in [4.69, 9.17) is 0 Å². The SMILES string of the molecule is CN(C)c1ccc(NC(=O)C[C@H]2CCCCN2S(=O)(=O)c2ccccc2)cc1. The number of hydrogen-bond donors (Lipinski definition) is 1. The lowest BCUT2D eigenvalue weighted by Gasteiger charge is -2.34. The third-order valence-electron chi connectivity index (χ3n) is 5.01. The van der Waals surface area contributed by atoms with Gasteiger partial charge in [0.2, 0.25) is 15.9 Å². The summed E-state index contributed by atoms with van der Waals surface area (Å²) in [6.07, 6.45) is 2.59. The van der Waals surface area contributed by atoms with Gasteiger partial charge < -0.3 is 10.2 Å². The number of nitrogens with one attached hydrogen (secondary N) is 1. The molecular weight excluding hydrogens is 374 g/mol. The molecule has 0 bridgehead atoms. The van der Waals surface area contributed by atoms with Crippen LogP contribution in [0.2, 0.25) is 0 Å². The lowest BCUT2D eigenvalue weighted by molar-refractivity contribution is -0.117. The molecule has 1 fully saturated rings. The molecule has 0 saturated carbocycles. The van der Waals surface area contributed by atoms with E-state index in [-0.39, 0.29) is 23.3 Å². The highest BCUT2D eigenvalue weighted by Gasteiger charge is 2.34. The Morgan fingerprint density at radius 2 is 1.75 bits per heavy atom. The number of benzene rings is 2. The number of amides is 1. The number of anilines is 2. The molecule has 0 aliphatic carbocycles. The summed E-state index contributed by atoms with van der Waals surface area (Å²) in [5.41, 5.74) is 1.76. The van der Waals surface area contributed by atoms with Crippen LogP contribution in [0.4, 0.5) is 11.4 Å². The summed E-state index contributed by atoms with van der Waals surface area (Å²) in [4.78, 5) is 14.8. The van der Waals surface area contributed by atoms with Crippen LogP contribution in [0.5, 0.6) is 0 Å². The van der Waals surface area contributed by atoms with E-state index in [1.807, 2.05) is 43.3 Å². The van der Waals surface area contributed by atoms with E-state index in [0.717, 1.165) is 18.5 Å². The van der Waals surface area contributed by atoms with Crippen LogP contribution < -0.4 is 10.2 Å². The van der Waals surface area contributed by atoms with Gasteiger partial charge in [0.25, 0.3) is 0 Å². The van der Waals surface area contributed by atoms with Gasteiger partial charge in [0.1, 0.15) is 0 Å². The predicted octanol–water partition coefficient (Wildman–Crippen LogP) is 3.32. The number of carbonyl (C=O) groups is 1. The Balaban J connectivity index is 1.69. The number of piperidine rings is 1. The lowest BCUT2D eigenvalue weighted by Crippen LogP contribution is -2.45. The third-order valence-corrected chi connectivity index (χ3v) is 6.98. The Morgan fingerprint density at radius 1 is 1.07 bits per heavy atom. The number of sulfonamides is 1. The van der Waals surface area contributed by atoms with E-state index in [9.17, 15) is 13.2 Å². The first kappa shape index (κ1) is 20.4. The fourth-order valence-electron chi connectivity index (χ4n) is 3.49. The second kappa shape index (κ2) is 8.75. The third kappa shape index (κ3) is 4.72. The molecule has 0 radical (unpaired) electrons. The Morgan fingerprint density at radius 3 is 2.39 bits per heavy atom.